The molecule has 0 unspecified atom stereocenters. The fraction of sp³-hybridized carbons (Fsp3) is 0.475. The molecule has 286 valence electrons. The Labute approximate surface area is 320 Å². The van der Waals surface area contributed by atoms with Crippen molar-refractivity contribution in [3.8, 4) is 22.9 Å². The van der Waals surface area contributed by atoms with Gasteiger partial charge in [0.05, 0.1) is 35.8 Å². The summed E-state index contributed by atoms with van der Waals surface area (Å²) >= 11 is 6.02. The van der Waals surface area contributed by atoms with Crippen LogP contribution in [0.3, 0.4) is 0 Å². The van der Waals surface area contributed by atoms with Gasteiger partial charge in [0.25, 0.3) is 5.79 Å². The minimum atomic E-state index is -1.30. The van der Waals surface area contributed by atoms with Crippen LogP contribution in [-0.2, 0) is 35.1 Å². The van der Waals surface area contributed by atoms with E-state index >= 15 is 4.39 Å². The molecule has 0 aliphatic carbocycles. The van der Waals surface area contributed by atoms with Gasteiger partial charge in [0.2, 0.25) is 0 Å². The molecule has 0 bridgehead atoms. The number of fused-ring (bicyclic) bond motifs is 2. The number of likely N-dealkylation sites (tertiary alicyclic amines) is 1. The Morgan fingerprint density at radius 1 is 1.00 bits per heavy atom. The van der Waals surface area contributed by atoms with Crippen LogP contribution >= 0.6 is 11.6 Å². The molecule has 0 radical (unpaired) electrons. The maximum absolute atomic E-state index is 16.6. The van der Waals surface area contributed by atoms with Crippen LogP contribution in [0.1, 0.15) is 54.9 Å². The van der Waals surface area contributed by atoms with E-state index in [1.807, 2.05) is 29.7 Å². The van der Waals surface area contributed by atoms with E-state index in [0.29, 0.717) is 64.5 Å². The van der Waals surface area contributed by atoms with Crippen LogP contribution in [0.15, 0.2) is 48.5 Å². The number of hydrogen-bond acceptors (Lipinski definition) is 8. The lowest BCUT2D eigenvalue weighted by Gasteiger charge is -2.33. The number of rotatable bonds is 12. The van der Waals surface area contributed by atoms with Crippen molar-refractivity contribution in [2.45, 2.75) is 96.4 Å². The molecule has 54 heavy (non-hydrogen) atoms. The third-order valence-corrected chi connectivity index (χ3v) is 12.9. The molecule has 10 nitrogen and oxygen atoms in total. The predicted molar refractivity (Wildman–Crippen MR) is 206 cm³/mol. The molecule has 14 heteroatoms. The van der Waals surface area contributed by atoms with Crippen LogP contribution in [-0.4, -0.2) is 69.7 Å². The van der Waals surface area contributed by atoms with Crippen LogP contribution < -0.4 is 9.47 Å². The van der Waals surface area contributed by atoms with Gasteiger partial charge in [-0.25, -0.2) is 13.8 Å². The summed E-state index contributed by atoms with van der Waals surface area (Å²) < 4.78 is 59.9. The molecule has 3 aliphatic heterocycles. The molecular weight excluding hydrogens is 730 g/mol. The smallest absolute Gasteiger partial charge is 0.278 e. The average Bonchev–Trinajstić information content (AvgIpc) is 3.77. The summed E-state index contributed by atoms with van der Waals surface area (Å²) in [6, 6.07) is 15.2. The molecule has 2 saturated heterocycles. The molecule has 3 aromatic carbocycles. The first kappa shape index (κ1) is 37.1. The Morgan fingerprint density at radius 3 is 2.52 bits per heavy atom. The predicted octanol–water partition coefficient (Wildman–Crippen LogP) is 8.66. The largest absolute Gasteiger partial charge is 0.444 e. The lowest BCUT2D eigenvalue weighted by atomic mass is 9.88. The molecule has 0 saturated carbocycles. The lowest BCUT2D eigenvalue weighted by Crippen LogP contribution is -2.35. The van der Waals surface area contributed by atoms with Gasteiger partial charge >= 0.3 is 0 Å². The highest BCUT2D eigenvalue weighted by Crippen LogP contribution is 2.50. The molecule has 5 heterocycles. The Morgan fingerprint density at radius 2 is 1.80 bits per heavy atom. The van der Waals surface area contributed by atoms with Crippen molar-refractivity contribution in [3.63, 3.8) is 0 Å². The quantitative estimate of drug-likeness (QED) is 0.0920. The first-order chi connectivity index (χ1) is 25.9. The summed E-state index contributed by atoms with van der Waals surface area (Å²) in [6.45, 7) is 15.0. The van der Waals surface area contributed by atoms with Crippen LogP contribution in [0, 0.1) is 18.6 Å². The molecule has 3 aliphatic rings. The molecule has 2 fully saturated rings. The van der Waals surface area contributed by atoms with Crippen LogP contribution in [0.5, 0.6) is 11.5 Å². The number of para-hydroxylation sites is 1. The zero-order chi connectivity index (χ0) is 37.8. The topological polar surface area (TPSA) is 88.7 Å². The second-order valence-electron chi connectivity index (χ2n) is 16.1. The van der Waals surface area contributed by atoms with Gasteiger partial charge in [-0.2, -0.15) is 0 Å². The number of hydrogen-bond donors (Lipinski definition) is 0. The first-order valence-electron chi connectivity index (χ1n) is 18.8. The fourth-order valence-electron chi connectivity index (χ4n) is 7.64. The first-order valence-corrected chi connectivity index (χ1v) is 22.9. The van der Waals surface area contributed by atoms with Gasteiger partial charge < -0.3 is 23.5 Å². The van der Waals surface area contributed by atoms with Gasteiger partial charge in [-0.15, -0.1) is 10.2 Å². The van der Waals surface area contributed by atoms with Crippen LogP contribution in [0.2, 0.25) is 30.7 Å². The summed E-state index contributed by atoms with van der Waals surface area (Å²) in [6.07, 6.45) is 2.79. The van der Waals surface area contributed by atoms with Gasteiger partial charge in [-0.05, 0) is 87.6 Å². The monoisotopic (exact) mass is 776 g/mol. The third kappa shape index (κ3) is 7.28. The zero-order valence-electron chi connectivity index (χ0n) is 31.5. The summed E-state index contributed by atoms with van der Waals surface area (Å²) in [5.74, 6) is 1.19. The van der Waals surface area contributed by atoms with E-state index < -0.39 is 25.5 Å². The minimum absolute atomic E-state index is 0.0723. The molecule has 5 aromatic rings. The highest BCUT2D eigenvalue weighted by molar-refractivity contribution is 6.76. The highest BCUT2D eigenvalue weighted by Gasteiger charge is 2.43. The van der Waals surface area contributed by atoms with Gasteiger partial charge in [0.15, 0.2) is 23.1 Å². The van der Waals surface area contributed by atoms with Crippen molar-refractivity contribution in [3.05, 3.63) is 88.0 Å². The Balaban J connectivity index is 1.000. The van der Waals surface area contributed by atoms with Crippen molar-refractivity contribution < 1.29 is 27.7 Å². The van der Waals surface area contributed by atoms with Crippen molar-refractivity contribution in [2.75, 3.05) is 26.3 Å². The summed E-state index contributed by atoms with van der Waals surface area (Å²) in [4.78, 5) is 7.33. The van der Waals surface area contributed by atoms with Gasteiger partial charge in [0, 0.05) is 38.8 Å². The number of ether oxygens (including phenoxy) is 4. The standard InChI is InChI=1S/C40H47ClF2N6O4Si/c1-25-45-46-39(49(25)24-50-19-20-54(3,4)5)30-10-12-33-37(36(30)43)44-35(48(33)22-28-15-18-51-28)23-47-16-13-26(14-17-47)29-7-6-8-34-38(29)53-40(2,52-34)31-11-9-27(41)21-32(31)42/h6-12,21,26,28H,13-20,22-24H2,1-5H3/t28-,40-/m0/s1. The number of piperidine rings is 1. The molecular formula is C40H47ClF2N6O4Si. The Bertz CT molecular complexity index is 2180. The van der Waals surface area contributed by atoms with E-state index in [-0.39, 0.29) is 18.8 Å². The third-order valence-electron chi connectivity index (χ3n) is 10.9. The maximum atomic E-state index is 16.6. The summed E-state index contributed by atoms with van der Waals surface area (Å²) in [5.41, 5.74) is 2.76. The van der Waals surface area contributed by atoms with Crippen molar-refractivity contribution >= 4 is 30.7 Å². The summed E-state index contributed by atoms with van der Waals surface area (Å²) in [7, 11) is -1.25. The fourth-order valence-corrected chi connectivity index (χ4v) is 8.56. The number of nitrogens with zero attached hydrogens (tertiary/aromatic N) is 6. The van der Waals surface area contributed by atoms with Crippen LogP contribution in [0.4, 0.5) is 8.78 Å². The number of aryl methyl sites for hydroxylation is 1. The average molecular weight is 777 g/mol. The van der Waals surface area contributed by atoms with Crippen LogP contribution in [0.25, 0.3) is 22.4 Å². The van der Waals surface area contributed by atoms with E-state index in [1.54, 1.807) is 25.1 Å². The van der Waals surface area contributed by atoms with Gasteiger partial charge in [0.1, 0.15) is 29.7 Å². The molecule has 2 atom stereocenters. The Kier molecular flexibility index (Phi) is 10.1. The molecule has 8 rings (SSSR count). The van der Waals surface area contributed by atoms with Crippen molar-refractivity contribution in [2.24, 2.45) is 0 Å². The lowest BCUT2D eigenvalue weighted by molar-refractivity contribution is -0.0712. The number of benzene rings is 3. The summed E-state index contributed by atoms with van der Waals surface area (Å²) in [5, 5.41) is 8.94. The number of aromatic nitrogens is 5. The van der Waals surface area contributed by atoms with E-state index in [9.17, 15) is 4.39 Å². The van der Waals surface area contributed by atoms with E-state index in [4.69, 9.17) is 35.5 Å². The minimum Gasteiger partial charge on any atom is -0.444 e. The van der Waals surface area contributed by atoms with Crippen molar-refractivity contribution in [1.82, 2.24) is 29.2 Å². The van der Waals surface area contributed by atoms with E-state index in [1.165, 1.54) is 6.07 Å². The number of imidazole rings is 1. The number of halogens is 3. The molecule has 2 aromatic heterocycles. The van der Waals surface area contributed by atoms with E-state index in [0.717, 1.165) is 61.9 Å². The normalized spacial score (nSPS) is 20.6. The second kappa shape index (κ2) is 14.6. The molecule has 0 spiro atoms. The van der Waals surface area contributed by atoms with Gasteiger partial charge in [-0.3, -0.25) is 9.47 Å². The zero-order valence-corrected chi connectivity index (χ0v) is 33.3. The van der Waals surface area contributed by atoms with E-state index in [2.05, 4.69) is 45.4 Å². The molecule has 0 N–H and O–H groups in total. The maximum Gasteiger partial charge on any atom is 0.278 e. The van der Waals surface area contributed by atoms with Gasteiger partial charge in [-0.1, -0.05) is 43.4 Å². The highest BCUT2D eigenvalue weighted by atomic mass is 35.5. The van der Waals surface area contributed by atoms with Crippen molar-refractivity contribution in [1.29, 1.82) is 0 Å². The SMILES string of the molecule is Cc1nnc(-c2ccc3c(nc(CN4CCC(c5cccc6c5O[C@@](C)(c5ccc(Cl)cc5F)O6)CC4)n3C[C@@H]3CCO3)c2F)n1COCC[Si](C)(C)C. The second-order valence-corrected chi connectivity index (χ2v) is 22.1. The molecule has 0 amide bonds. The Hall–Kier alpha value is -3.88.